The van der Waals surface area contributed by atoms with E-state index in [1.54, 1.807) is 45.4 Å². The molecule has 4 atom stereocenters. The SMILES string of the molecule is CC[C@@H](OS(C)(=O)=O)[C@H]1C[C@H](c2ccc(OC)cc2)[C@@H](OCc2ccc3c(c2)N(CCCOC)CCO3)CN1S(=O)(=O)c1ccc(C)cc1. The highest BCUT2D eigenvalue weighted by Crippen LogP contribution is 2.40. The Morgan fingerprint density at radius 2 is 1.71 bits per heavy atom. The molecule has 2 aliphatic rings. The summed E-state index contributed by atoms with van der Waals surface area (Å²) in [6.07, 6.45) is 0.980. The Morgan fingerprint density at radius 3 is 2.37 bits per heavy atom. The zero-order chi connectivity index (χ0) is 35.2. The monoisotopic (exact) mass is 716 g/mol. The standard InChI is InChI=1S/C36H48N2O9S2/c1-6-34(47-48(5,39)40)33-23-31(28-11-13-29(44-4)14-12-28)36(24-38(33)49(41,42)30-15-8-26(2)9-16-30)46-25-27-10-17-35-32(22-27)37(19-21-45-35)18-7-20-43-3/h8-17,22,31,33-34,36H,6-7,18-21,23-25H2,1-5H3/t31-,33-,34-,36+/m1/s1. The maximum Gasteiger partial charge on any atom is 0.264 e. The zero-order valence-electron chi connectivity index (χ0n) is 28.9. The van der Waals surface area contributed by atoms with Gasteiger partial charge < -0.3 is 23.8 Å². The topological polar surface area (TPSA) is 121 Å². The molecule has 3 aromatic carbocycles. The molecule has 268 valence electrons. The predicted molar refractivity (Wildman–Crippen MR) is 188 cm³/mol. The highest BCUT2D eigenvalue weighted by molar-refractivity contribution is 7.89. The molecule has 49 heavy (non-hydrogen) atoms. The van der Waals surface area contributed by atoms with Crippen LogP contribution in [0.2, 0.25) is 0 Å². The summed E-state index contributed by atoms with van der Waals surface area (Å²) >= 11 is 0. The van der Waals surface area contributed by atoms with Crippen LogP contribution in [0, 0.1) is 6.92 Å². The average Bonchev–Trinajstić information content (AvgIpc) is 3.09. The van der Waals surface area contributed by atoms with Gasteiger partial charge in [-0.25, -0.2) is 8.42 Å². The van der Waals surface area contributed by atoms with Crippen molar-refractivity contribution in [3.63, 3.8) is 0 Å². The van der Waals surface area contributed by atoms with Gasteiger partial charge in [0.25, 0.3) is 10.1 Å². The van der Waals surface area contributed by atoms with Crippen molar-refractivity contribution in [1.29, 1.82) is 0 Å². The van der Waals surface area contributed by atoms with Gasteiger partial charge in [0.05, 0.1) is 55.3 Å². The summed E-state index contributed by atoms with van der Waals surface area (Å²) in [5.41, 5.74) is 3.78. The predicted octanol–water partition coefficient (Wildman–Crippen LogP) is 5.13. The molecule has 0 bridgehead atoms. The number of hydrogen-bond donors (Lipinski definition) is 0. The molecule has 0 aliphatic carbocycles. The first-order valence-corrected chi connectivity index (χ1v) is 19.9. The van der Waals surface area contributed by atoms with E-state index in [2.05, 4.69) is 11.0 Å². The van der Waals surface area contributed by atoms with Gasteiger partial charge in [-0.1, -0.05) is 42.8 Å². The zero-order valence-corrected chi connectivity index (χ0v) is 30.5. The van der Waals surface area contributed by atoms with Gasteiger partial charge in [0.1, 0.15) is 18.1 Å². The summed E-state index contributed by atoms with van der Waals surface area (Å²) in [6, 6.07) is 19.5. The molecule has 13 heteroatoms. The number of fused-ring (bicyclic) bond motifs is 1. The number of piperidine rings is 1. The summed E-state index contributed by atoms with van der Waals surface area (Å²) in [5, 5.41) is 0. The van der Waals surface area contributed by atoms with Crippen molar-refractivity contribution in [2.45, 2.75) is 68.8 Å². The fourth-order valence-electron chi connectivity index (χ4n) is 6.67. The van der Waals surface area contributed by atoms with Crippen LogP contribution in [0.25, 0.3) is 0 Å². The third-order valence-electron chi connectivity index (χ3n) is 9.20. The molecule has 11 nitrogen and oxygen atoms in total. The number of sulfonamides is 1. The van der Waals surface area contributed by atoms with E-state index in [0.29, 0.717) is 19.0 Å². The Morgan fingerprint density at radius 1 is 0.980 bits per heavy atom. The number of benzene rings is 3. The minimum absolute atomic E-state index is 0.00160. The fraction of sp³-hybridized carbons (Fsp3) is 0.500. The second-order valence-electron chi connectivity index (χ2n) is 12.7. The number of anilines is 1. The summed E-state index contributed by atoms with van der Waals surface area (Å²) in [4.78, 5) is 2.41. The van der Waals surface area contributed by atoms with E-state index >= 15 is 0 Å². The maximum absolute atomic E-state index is 14.4. The lowest BCUT2D eigenvalue weighted by molar-refractivity contribution is -0.0369. The van der Waals surface area contributed by atoms with Gasteiger partial charge in [0.2, 0.25) is 10.0 Å². The molecule has 0 N–H and O–H groups in total. The Hall–Kier alpha value is -3.20. The van der Waals surface area contributed by atoms with Crippen molar-refractivity contribution in [3.05, 3.63) is 83.4 Å². The van der Waals surface area contributed by atoms with Gasteiger partial charge in [0.15, 0.2) is 0 Å². The van der Waals surface area contributed by atoms with E-state index < -0.39 is 38.4 Å². The van der Waals surface area contributed by atoms with Crippen LogP contribution in [0.15, 0.2) is 71.6 Å². The van der Waals surface area contributed by atoms with Crippen LogP contribution in [-0.4, -0.2) is 92.7 Å². The fourth-order valence-corrected chi connectivity index (χ4v) is 9.06. The van der Waals surface area contributed by atoms with Crippen molar-refractivity contribution in [2.75, 3.05) is 58.2 Å². The van der Waals surface area contributed by atoms with Crippen LogP contribution in [0.1, 0.15) is 48.8 Å². The molecule has 0 spiro atoms. The molecule has 0 aromatic heterocycles. The lowest BCUT2D eigenvalue weighted by Gasteiger charge is -2.45. The van der Waals surface area contributed by atoms with E-state index in [9.17, 15) is 16.8 Å². The Balaban J connectivity index is 1.50. The van der Waals surface area contributed by atoms with E-state index in [1.807, 2.05) is 43.3 Å². The molecule has 2 heterocycles. The summed E-state index contributed by atoms with van der Waals surface area (Å²) in [5.74, 6) is 1.23. The van der Waals surface area contributed by atoms with Gasteiger partial charge in [-0.2, -0.15) is 12.7 Å². The minimum atomic E-state index is -4.08. The highest BCUT2D eigenvalue weighted by atomic mass is 32.2. The van der Waals surface area contributed by atoms with Gasteiger partial charge in [0, 0.05) is 32.7 Å². The van der Waals surface area contributed by atoms with Crippen molar-refractivity contribution in [2.24, 2.45) is 0 Å². The van der Waals surface area contributed by atoms with Crippen molar-refractivity contribution in [3.8, 4) is 11.5 Å². The van der Waals surface area contributed by atoms with Gasteiger partial charge in [-0.05, 0) is 73.7 Å². The Bertz CT molecular complexity index is 1750. The number of methoxy groups -OCH3 is 2. The molecule has 0 amide bonds. The molecule has 5 rings (SSSR count). The Kier molecular flexibility index (Phi) is 12.3. The smallest absolute Gasteiger partial charge is 0.264 e. The highest BCUT2D eigenvalue weighted by Gasteiger charge is 2.46. The summed E-state index contributed by atoms with van der Waals surface area (Å²) in [7, 11) is -4.66. The van der Waals surface area contributed by atoms with Crippen LogP contribution in [0.3, 0.4) is 0 Å². The van der Waals surface area contributed by atoms with Crippen molar-refractivity contribution < 1.29 is 40.0 Å². The molecule has 0 radical (unpaired) electrons. The van der Waals surface area contributed by atoms with Gasteiger partial charge in [-0.15, -0.1) is 0 Å². The lowest BCUT2D eigenvalue weighted by atomic mass is 9.82. The molecule has 3 aromatic rings. The van der Waals surface area contributed by atoms with E-state index in [0.717, 1.165) is 53.9 Å². The van der Waals surface area contributed by atoms with Gasteiger partial charge in [-0.3, -0.25) is 4.18 Å². The van der Waals surface area contributed by atoms with Crippen molar-refractivity contribution >= 4 is 25.8 Å². The van der Waals surface area contributed by atoms with E-state index in [4.69, 9.17) is 23.1 Å². The van der Waals surface area contributed by atoms with E-state index in [-0.39, 0.29) is 36.8 Å². The Labute approximate surface area is 291 Å². The minimum Gasteiger partial charge on any atom is -0.497 e. The normalized spacial score (nSPS) is 20.8. The first-order valence-electron chi connectivity index (χ1n) is 16.7. The van der Waals surface area contributed by atoms with Crippen LogP contribution in [0.5, 0.6) is 11.5 Å². The third-order valence-corrected chi connectivity index (χ3v) is 11.7. The second-order valence-corrected chi connectivity index (χ2v) is 16.1. The number of aryl methyl sites for hydroxylation is 1. The number of ether oxygens (including phenoxy) is 4. The van der Waals surface area contributed by atoms with Crippen LogP contribution < -0.4 is 14.4 Å². The number of nitrogens with zero attached hydrogens (tertiary/aromatic N) is 2. The first kappa shape index (κ1) is 37.1. The third kappa shape index (κ3) is 9.13. The number of rotatable bonds is 15. The largest absolute Gasteiger partial charge is 0.497 e. The summed E-state index contributed by atoms with van der Waals surface area (Å²) in [6.45, 7) is 6.80. The van der Waals surface area contributed by atoms with Crippen LogP contribution >= 0.6 is 0 Å². The van der Waals surface area contributed by atoms with E-state index in [1.165, 1.54) is 4.31 Å². The average molecular weight is 717 g/mol. The molecule has 2 aliphatic heterocycles. The van der Waals surface area contributed by atoms with Crippen LogP contribution in [-0.2, 0) is 40.4 Å². The molecule has 1 fully saturated rings. The van der Waals surface area contributed by atoms with Crippen molar-refractivity contribution in [1.82, 2.24) is 4.31 Å². The quantitative estimate of drug-likeness (QED) is 0.155. The molecular formula is C36H48N2O9S2. The molecule has 1 saturated heterocycles. The number of hydrogen-bond acceptors (Lipinski definition) is 10. The lowest BCUT2D eigenvalue weighted by Crippen LogP contribution is -2.57. The maximum atomic E-state index is 14.4. The summed E-state index contributed by atoms with van der Waals surface area (Å²) < 4.78 is 83.8. The van der Waals surface area contributed by atoms with Gasteiger partial charge >= 0.3 is 0 Å². The first-order chi connectivity index (χ1) is 23.4. The molecule has 0 unspecified atom stereocenters. The molecular weight excluding hydrogens is 669 g/mol. The molecule has 0 saturated carbocycles. The van der Waals surface area contributed by atoms with Crippen LogP contribution in [0.4, 0.5) is 5.69 Å². The second kappa shape index (κ2) is 16.2.